The molecular formula is C24H27F3N2O2. The van der Waals surface area contributed by atoms with Crippen LogP contribution in [0.1, 0.15) is 41.3 Å². The molecule has 166 valence electrons. The second-order valence-corrected chi connectivity index (χ2v) is 8.87. The van der Waals surface area contributed by atoms with E-state index >= 15 is 0 Å². The average Bonchev–Trinajstić information content (AvgIpc) is 3.16. The second kappa shape index (κ2) is 8.54. The highest BCUT2D eigenvalue weighted by molar-refractivity contribution is 5.94. The first kappa shape index (κ1) is 21.7. The van der Waals surface area contributed by atoms with Crippen LogP contribution in [-0.4, -0.2) is 36.8 Å². The van der Waals surface area contributed by atoms with Crippen LogP contribution >= 0.6 is 0 Å². The predicted octanol–water partition coefficient (Wildman–Crippen LogP) is 4.82. The van der Waals surface area contributed by atoms with E-state index in [1.54, 1.807) is 0 Å². The summed E-state index contributed by atoms with van der Waals surface area (Å²) in [6, 6.07) is 14.0. The fourth-order valence-electron chi connectivity index (χ4n) is 4.58. The molecule has 0 aromatic heterocycles. The van der Waals surface area contributed by atoms with Crippen LogP contribution in [0.3, 0.4) is 0 Å². The predicted molar refractivity (Wildman–Crippen MR) is 112 cm³/mol. The Morgan fingerprint density at radius 1 is 1.13 bits per heavy atom. The third-order valence-electron chi connectivity index (χ3n) is 6.33. The highest BCUT2D eigenvalue weighted by atomic mass is 19.4. The van der Waals surface area contributed by atoms with Gasteiger partial charge in [0.15, 0.2) is 0 Å². The fraction of sp³-hybridized carbons (Fsp3) is 0.458. The van der Waals surface area contributed by atoms with Gasteiger partial charge in [0.1, 0.15) is 5.75 Å². The largest absolute Gasteiger partial charge is 0.573 e. The molecule has 2 unspecified atom stereocenters. The number of carbonyl (C=O) groups excluding carboxylic acids is 1. The van der Waals surface area contributed by atoms with Gasteiger partial charge in [-0.15, -0.1) is 13.2 Å². The maximum absolute atomic E-state index is 12.4. The summed E-state index contributed by atoms with van der Waals surface area (Å²) in [5.41, 5.74) is 2.83. The third-order valence-corrected chi connectivity index (χ3v) is 6.33. The van der Waals surface area contributed by atoms with Crippen LogP contribution in [0, 0.1) is 17.8 Å². The van der Waals surface area contributed by atoms with Crippen molar-refractivity contribution >= 4 is 5.91 Å². The van der Waals surface area contributed by atoms with Crippen molar-refractivity contribution in [3.05, 3.63) is 65.2 Å². The molecule has 1 heterocycles. The van der Waals surface area contributed by atoms with Crippen molar-refractivity contribution in [3.63, 3.8) is 0 Å². The monoisotopic (exact) mass is 432 g/mol. The minimum atomic E-state index is -4.77. The van der Waals surface area contributed by atoms with Gasteiger partial charge in [0.05, 0.1) is 0 Å². The van der Waals surface area contributed by atoms with Gasteiger partial charge in [-0.05, 0) is 53.0 Å². The number of likely N-dealkylation sites (tertiary alicyclic amines) is 1. The number of piperidine rings is 1. The summed E-state index contributed by atoms with van der Waals surface area (Å²) >= 11 is 0. The lowest BCUT2D eigenvalue weighted by molar-refractivity contribution is -0.274. The summed E-state index contributed by atoms with van der Waals surface area (Å²) in [7, 11) is 0. The lowest BCUT2D eigenvalue weighted by atomic mass is 10.0. The van der Waals surface area contributed by atoms with Gasteiger partial charge in [-0.3, -0.25) is 9.69 Å². The molecule has 0 radical (unpaired) electrons. The highest BCUT2D eigenvalue weighted by Gasteiger charge is 2.55. The summed E-state index contributed by atoms with van der Waals surface area (Å²) in [5, 5.41) is 2.87. The van der Waals surface area contributed by atoms with Gasteiger partial charge in [-0.2, -0.15) is 0 Å². The van der Waals surface area contributed by atoms with E-state index in [0.717, 1.165) is 25.7 Å². The molecule has 2 atom stereocenters. The van der Waals surface area contributed by atoms with E-state index in [1.807, 2.05) is 0 Å². The van der Waals surface area contributed by atoms with Crippen molar-refractivity contribution in [1.29, 1.82) is 0 Å². The number of nitrogens with zero attached hydrogens (tertiary/aromatic N) is 1. The zero-order chi connectivity index (χ0) is 22.2. The molecule has 4 nitrogen and oxygen atoms in total. The van der Waals surface area contributed by atoms with Crippen LogP contribution in [0.25, 0.3) is 0 Å². The topological polar surface area (TPSA) is 41.6 Å². The van der Waals surface area contributed by atoms with Gasteiger partial charge in [-0.25, -0.2) is 0 Å². The van der Waals surface area contributed by atoms with Gasteiger partial charge >= 0.3 is 6.36 Å². The van der Waals surface area contributed by atoms with Crippen LogP contribution in [0.2, 0.25) is 0 Å². The zero-order valence-electron chi connectivity index (χ0n) is 17.7. The smallest absolute Gasteiger partial charge is 0.406 e. The van der Waals surface area contributed by atoms with E-state index in [2.05, 4.69) is 53.1 Å². The molecule has 2 aromatic rings. The van der Waals surface area contributed by atoms with E-state index in [9.17, 15) is 18.0 Å². The maximum atomic E-state index is 12.4. The zero-order valence-corrected chi connectivity index (χ0v) is 17.7. The molecule has 1 N–H and O–H groups in total. The van der Waals surface area contributed by atoms with Crippen molar-refractivity contribution in [1.82, 2.24) is 10.2 Å². The van der Waals surface area contributed by atoms with Gasteiger partial charge in [-0.1, -0.05) is 44.2 Å². The van der Waals surface area contributed by atoms with Crippen LogP contribution in [0.5, 0.6) is 5.75 Å². The number of rotatable bonds is 7. The molecule has 0 spiro atoms. The Hall–Kier alpha value is -2.54. The Morgan fingerprint density at radius 2 is 1.81 bits per heavy atom. The Kier molecular flexibility index (Phi) is 5.97. The molecule has 1 aliphatic carbocycles. The number of fused-ring (bicyclic) bond motifs is 1. The first-order chi connectivity index (χ1) is 14.7. The molecule has 1 saturated heterocycles. The van der Waals surface area contributed by atoms with Crippen LogP contribution in [0.4, 0.5) is 13.2 Å². The lowest BCUT2D eigenvalue weighted by Crippen LogP contribution is -2.30. The number of carbonyl (C=O) groups is 1. The molecule has 1 saturated carbocycles. The number of nitrogens with one attached hydrogen (secondary N) is 1. The average molecular weight is 432 g/mol. The summed E-state index contributed by atoms with van der Waals surface area (Å²) in [6.07, 6.45) is -4.77. The number of hydrogen-bond acceptors (Lipinski definition) is 3. The summed E-state index contributed by atoms with van der Waals surface area (Å²) in [6.45, 7) is 7.91. The van der Waals surface area contributed by atoms with Crippen LogP contribution < -0.4 is 10.1 Å². The molecule has 2 aromatic carbocycles. The van der Waals surface area contributed by atoms with E-state index < -0.39 is 6.36 Å². The summed E-state index contributed by atoms with van der Waals surface area (Å²) in [5.74, 6) is 1.37. The van der Waals surface area contributed by atoms with E-state index in [-0.39, 0.29) is 17.2 Å². The van der Waals surface area contributed by atoms with Crippen molar-refractivity contribution in [2.75, 3.05) is 19.6 Å². The van der Waals surface area contributed by atoms with Crippen molar-refractivity contribution in [2.45, 2.75) is 32.7 Å². The first-order valence-corrected chi connectivity index (χ1v) is 10.6. The number of benzene rings is 2. The Bertz CT molecular complexity index is 915. The second-order valence-electron chi connectivity index (χ2n) is 8.87. The minimum absolute atomic E-state index is 0.166. The third kappa shape index (κ3) is 5.39. The van der Waals surface area contributed by atoms with Gasteiger partial charge in [0.2, 0.25) is 0 Å². The van der Waals surface area contributed by atoms with Gasteiger partial charge in [0.25, 0.3) is 5.91 Å². The normalized spacial score (nSPS) is 23.0. The maximum Gasteiger partial charge on any atom is 0.573 e. The number of alkyl halides is 3. The molecule has 2 fully saturated rings. The van der Waals surface area contributed by atoms with Crippen molar-refractivity contribution in [3.8, 4) is 5.75 Å². The molecule has 0 bridgehead atoms. The van der Waals surface area contributed by atoms with Gasteiger partial charge in [0, 0.05) is 31.7 Å². The number of hydrogen-bond donors (Lipinski definition) is 1. The fourth-order valence-corrected chi connectivity index (χ4v) is 4.58. The Balaban J connectivity index is 1.22. The van der Waals surface area contributed by atoms with E-state index in [1.165, 1.54) is 29.3 Å². The summed E-state index contributed by atoms with van der Waals surface area (Å²) in [4.78, 5) is 14.8. The van der Waals surface area contributed by atoms with Crippen LogP contribution in [0.15, 0.2) is 48.5 Å². The van der Waals surface area contributed by atoms with Gasteiger partial charge < -0.3 is 10.1 Å². The Labute approximate surface area is 180 Å². The minimum Gasteiger partial charge on any atom is -0.406 e. The molecule has 31 heavy (non-hydrogen) atoms. The molecule has 7 heteroatoms. The van der Waals surface area contributed by atoms with Crippen molar-refractivity contribution in [2.24, 2.45) is 17.8 Å². The Morgan fingerprint density at radius 3 is 2.42 bits per heavy atom. The van der Waals surface area contributed by atoms with E-state index in [0.29, 0.717) is 30.2 Å². The first-order valence-electron chi connectivity index (χ1n) is 10.6. The standard InChI is InChI=1S/C24H27F3N2O2/c1-15(2)17-8-6-16(7-9-17)12-29-13-21-20(22(21)14-29)11-28-23(30)18-4-3-5-19(10-18)31-24(25,26)27/h3-10,15,20-22H,11-14H2,1-2H3,(H,28,30). The molecule has 4 rings (SSSR count). The highest BCUT2D eigenvalue weighted by Crippen LogP contribution is 2.51. The van der Waals surface area contributed by atoms with E-state index in [4.69, 9.17) is 0 Å². The number of halogens is 3. The molecule has 2 aliphatic rings. The lowest BCUT2D eigenvalue weighted by Gasteiger charge is -2.20. The van der Waals surface area contributed by atoms with Crippen molar-refractivity contribution < 1.29 is 22.7 Å². The molecule has 1 amide bonds. The number of amides is 1. The molecule has 1 aliphatic heterocycles. The summed E-state index contributed by atoms with van der Waals surface area (Å²) < 4.78 is 41.0. The SMILES string of the molecule is CC(C)c1ccc(CN2CC3C(CNC(=O)c4cccc(OC(F)(F)F)c4)C3C2)cc1. The molecular weight excluding hydrogens is 405 g/mol. The quantitative estimate of drug-likeness (QED) is 0.682. The number of ether oxygens (including phenoxy) is 1. The van der Waals surface area contributed by atoms with Crippen LogP contribution in [-0.2, 0) is 6.54 Å².